The van der Waals surface area contributed by atoms with Gasteiger partial charge in [0.2, 0.25) is 0 Å². The van der Waals surface area contributed by atoms with E-state index in [1.807, 2.05) is 0 Å². The molecule has 7 nitrogen and oxygen atoms in total. The number of ether oxygens (including phenoxy) is 2. The second kappa shape index (κ2) is 7.61. The summed E-state index contributed by atoms with van der Waals surface area (Å²) >= 11 is 0. The van der Waals surface area contributed by atoms with Gasteiger partial charge in [-0.15, -0.1) is 0 Å². The van der Waals surface area contributed by atoms with Crippen LogP contribution in [0.1, 0.15) is 25.5 Å². The van der Waals surface area contributed by atoms with Crippen LogP contribution in [0.5, 0.6) is 0 Å². The third kappa shape index (κ3) is 5.30. The smallest absolute Gasteiger partial charge is 0.312 e. The fourth-order valence-corrected chi connectivity index (χ4v) is 1.09. The molecule has 0 saturated heterocycles. The first-order valence-corrected chi connectivity index (χ1v) is 5.54. The van der Waals surface area contributed by atoms with Crippen LogP contribution < -0.4 is 5.73 Å². The van der Waals surface area contributed by atoms with E-state index >= 15 is 0 Å². The Morgan fingerprint density at radius 2 is 2.18 bits per heavy atom. The summed E-state index contributed by atoms with van der Waals surface area (Å²) in [6, 6.07) is 0. The van der Waals surface area contributed by atoms with Crippen LogP contribution in [0.15, 0.2) is 4.63 Å². The van der Waals surface area contributed by atoms with E-state index in [0.29, 0.717) is 18.9 Å². The van der Waals surface area contributed by atoms with Gasteiger partial charge in [0, 0.05) is 6.61 Å². The highest BCUT2D eigenvalue weighted by Gasteiger charge is 2.12. The molecule has 0 aliphatic carbocycles. The number of anilines is 1. The van der Waals surface area contributed by atoms with Gasteiger partial charge in [-0.3, -0.25) is 4.79 Å². The average molecular weight is 243 g/mol. The van der Waals surface area contributed by atoms with Crippen molar-refractivity contribution in [3.05, 3.63) is 5.69 Å². The summed E-state index contributed by atoms with van der Waals surface area (Å²) in [6.07, 6.45) is 2.05. The van der Waals surface area contributed by atoms with Gasteiger partial charge in [-0.2, -0.15) is 0 Å². The van der Waals surface area contributed by atoms with Crippen LogP contribution in [0.2, 0.25) is 0 Å². The number of hydrogen-bond donors (Lipinski definition) is 1. The SMILES string of the molecule is CCCCOCCOC(=O)Cc1nonc1N. The van der Waals surface area contributed by atoms with Crippen molar-refractivity contribution >= 4 is 11.8 Å². The number of carbonyl (C=O) groups is 1. The Morgan fingerprint density at radius 1 is 1.35 bits per heavy atom. The van der Waals surface area contributed by atoms with Crippen LogP contribution in [-0.4, -0.2) is 36.1 Å². The predicted molar refractivity (Wildman–Crippen MR) is 59.1 cm³/mol. The third-order valence-electron chi connectivity index (χ3n) is 2.03. The van der Waals surface area contributed by atoms with E-state index in [1.165, 1.54) is 0 Å². The molecule has 1 aromatic rings. The molecule has 0 atom stereocenters. The van der Waals surface area contributed by atoms with Gasteiger partial charge in [-0.1, -0.05) is 18.5 Å². The molecule has 96 valence electrons. The van der Waals surface area contributed by atoms with Crippen molar-refractivity contribution in [2.45, 2.75) is 26.2 Å². The van der Waals surface area contributed by atoms with Crippen LogP contribution in [0.3, 0.4) is 0 Å². The minimum absolute atomic E-state index is 0.0374. The van der Waals surface area contributed by atoms with Crippen LogP contribution in [0.25, 0.3) is 0 Å². The molecule has 1 heterocycles. The van der Waals surface area contributed by atoms with Gasteiger partial charge >= 0.3 is 5.97 Å². The van der Waals surface area contributed by atoms with Gasteiger partial charge in [0.15, 0.2) is 5.82 Å². The second-order valence-electron chi connectivity index (χ2n) is 3.46. The van der Waals surface area contributed by atoms with Crippen molar-refractivity contribution in [2.75, 3.05) is 25.6 Å². The summed E-state index contributed by atoms with van der Waals surface area (Å²) < 4.78 is 14.5. The first-order chi connectivity index (χ1) is 8.24. The molecule has 0 aromatic carbocycles. The molecule has 0 aliphatic heterocycles. The molecule has 0 radical (unpaired) electrons. The maximum absolute atomic E-state index is 11.3. The molecule has 0 saturated carbocycles. The highest BCUT2D eigenvalue weighted by molar-refractivity contribution is 5.73. The van der Waals surface area contributed by atoms with Gasteiger partial charge in [-0.25, -0.2) is 4.63 Å². The number of esters is 1. The standard InChI is InChI=1S/C10H17N3O4/c1-2-3-4-15-5-6-16-9(14)7-8-10(11)13-17-12-8/h2-7H2,1H3,(H2,11,13). The lowest BCUT2D eigenvalue weighted by Gasteiger charge is -2.04. The molecular weight excluding hydrogens is 226 g/mol. The first-order valence-electron chi connectivity index (χ1n) is 5.54. The second-order valence-corrected chi connectivity index (χ2v) is 3.46. The summed E-state index contributed by atoms with van der Waals surface area (Å²) in [5.74, 6) is -0.312. The Hall–Kier alpha value is -1.63. The maximum atomic E-state index is 11.3. The molecule has 0 fully saturated rings. The van der Waals surface area contributed by atoms with Crippen molar-refractivity contribution in [2.24, 2.45) is 0 Å². The van der Waals surface area contributed by atoms with Gasteiger partial charge in [0.25, 0.3) is 0 Å². The van der Waals surface area contributed by atoms with E-state index in [-0.39, 0.29) is 18.8 Å². The maximum Gasteiger partial charge on any atom is 0.312 e. The van der Waals surface area contributed by atoms with E-state index in [2.05, 4.69) is 21.9 Å². The highest BCUT2D eigenvalue weighted by Crippen LogP contribution is 2.05. The Labute approximate surface area is 99.2 Å². The molecule has 0 amide bonds. The van der Waals surface area contributed by atoms with Crippen molar-refractivity contribution in [1.29, 1.82) is 0 Å². The molecule has 7 heteroatoms. The number of nitrogens with zero attached hydrogens (tertiary/aromatic N) is 2. The fraction of sp³-hybridized carbons (Fsp3) is 0.700. The lowest BCUT2D eigenvalue weighted by atomic mass is 10.3. The molecule has 0 bridgehead atoms. The molecule has 1 rings (SSSR count). The molecule has 2 N–H and O–H groups in total. The normalized spacial score (nSPS) is 10.4. The first kappa shape index (κ1) is 13.4. The van der Waals surface area contributed by atoms with Gasteiger partial charge in [0.1, 0.15) is 12.3 Å². The Bertz CT molecular complexity index is 340. The van der Waals surface area contributed by atoms with E-state index in [1.54, 1.807) is 0 Å². The fourth-order valence-electron chi connectivity index (χ4n) is 1.09. The topological polar surface area (TPSA) is 100 Å². The van der Waals surface area contributed by atoms with Crippen LogP contribution >= 0.6 is 0 Å². The minimum Gasteiger partial charge on any atom is -0.463 e. The van der Waals surface area contributed by atoms with Crippen molar-refractivity contribution in [3.8, 4) is 0 Å². The van der Waals surface area contributed by atoms with Gasteiger partial charge < -0.3 is 15.2 Å². The zero-order chi connectivity index (χ0) is 12.5. The minimum atomic E-state index is -0.425. The van der Waals surface area contributed by atoms with Crippen LogP contribution in [-0.2, 0) is 20.7 Å². The number of nitrogens with two attached hydrogens (primary N) is 1. The monoisotopic (exact) mass is 243 g/mol. The number of aromatic nitrogens is 2. The lowest BCUT2D eigenvalue weighted by Crippen LogP contribution is -2.13. The van der Waals surface area contributed by atoms with Gasteiger partial charge in [0.05, 0.1) is 13.0 Å². The predicted octanol–water partition coefficient (Wildman–Crippen LogP) is 0.554. The van der Waals surface area contributed by atoms with E-state index in [0.717, 1.165) is 12.8 Å². The Kier molecular flexibility index (Phi) is 6.02. The summed E-state index contributed by atoms with van der Waals surface area (Å²) in [5.41, 5.74) is 5.69. The highest BCUT2D eigenvalue weighted by atomic mass is 16.6. The lowest BCUT2D eigenvalue weighted by molar-refractivity contribution is -0.144. The van der Waals surface area contributed by atoms with E-state index in [9.17, 15) is 4.79 Å². The quantitative estimate of drug-likeness (QED) is 0.525. The van der Waals surface area contributed by atoms with E-state index < -0.39 is 5.97 Å². The van der Waals surface area contributed by atoms with Crippen molar-refractivity contribution in [1.82, 2.24) is 10.3 Å². The van der Waals surface area contributed by atoms with Crippen LogP contribution in [0, 0.1) is 0 Å². The number of rotatable bonds is 8. The third-order valence-corrected chi connectivity index (χ3v) is 2.03. The number of unbranched alkanes of at least 4 members (excludes halogenated alkanes) is 1. The number of nitrogen functional groups attached to an aromatic ring is 1. The molecule has 0 spiro atoms. The van der Waals surface area contributed by atoms with Gasteiger partial charge in [-0.05, 0) is 11.6 Å². The van der Waals surface area contributed by atoms with Crippen LogP contribution in [0.4, 0.5) is 5.82 Å². The summed E-state index contributed by atoms with van der Waals surface area (Å²) in [4.78, 5) is 11.3. The summed E-state index contributed by atoms with van der Waals surface area (Å²) in [6.45, 7) is 3.40. The number of carbonyl (C=O) groups excluding carboxylic acids is 1. The van der Waals surface area contributed by atoms with E-state index in [4.69, 9.17) is 15.2 Å². The molecule has 17 heavy (non-hydrogen) atoms. The molecular formula is C10H17N3O4. The molecule has 0 aliphatic rings. The zero-order valence-electron chi connectivity index (χ0n) is 9.85. The Morgan fingerprint density at radius 3 is 2.82 bits per heavy atom. The van der Waals surface area contributed by atoms with Crippen molar-refractivity contribution in [3.63, 3.8) is 0 Å². The number of hydrogen-bond acceptors (Lipinski definition) is 7. The summed E-state index contributed by atoms with van der Waals surface area (Å²) in [5, 5.41) is 6.84. The summed E-state index contributed by atoms with van der Waals surface area (Å²) in [7, 11) is 0. The molecule has 1 aromatic heterocycles. The largest absolute Gasteiger partial charge is 0.463 e. The molecule has 0 unspecified atom stereocenters. The average Bonchev–Trinajstić information content (AvgIpc) is 2.69. The zero-order valence-corrected chi connectivity index (χ0v) is 9.85. The Balaban J connectivity index is 2.08. The van der Waals surface area contributed by atoms with Crippen molar-refractivity contribution < 1.29 is 18.9 Å².